The number of ether oxygens (including phenoxy) is 1. The van der Waals surface area contributed by atoms with E-state index in [1.807, 2.05) is 29.2 Å². The van der Waals surface area contributed by atoms with Crippen LogP contribution in [0, 0.1) is 0 Å². The van der Waals surface area contributed by atoms with Crippen molar-refractivity contribution in [2.75, 3.05) is 19.7 Å². The molecule has 0 bridgehead atoms. The van der Waals surface area contributed by atoms with Gasteiger partial charge in [-0.05, 0) is 43.5 Å². The minimum atomic E-state index is 0.0692. The quantitative estimate of drug-likeness (QED) is 0.728. The number of rotatable bonds is 7. The molecule has 1 aromatic heterocycles. The molecule has 146 valence electrons. The minimum Gasteiger partial charge on any atom is -0.484 e. The number of carbonyl (C=O) groups is 1. The van der Waals surface area contributed by atoms with E-state index in [-0.39, 0.29) is 12.5 Å². The highest BCUT2D eigenvalue weighted by Crippen LogP contribution is 2.20. The summed E-state index contributed by atoms with van der Waals surface area (Å²) in [7, 11) is 0. The third-order valence-electron chi connectivity index (χ3n) is 4.90. The van der Waals surface area contributed by atoms with E-state index in [2.05, 4.69) is 17.1 Å². The molecule has 1 saturated heterocycles. The summed E-state index contributed by atoms with van der Waals surface area (Å²) < 4.78 is 11.0. The third kappa shape index (κ3) is 5.81. The predicted molar refractivity (Wildman–Crippen MR) is 104 cm³/mol. The van der Waals surface area contributed by atoms with Crippen molar-refractivity contribution in [3.8, 4) is 17.1 Å². The Balaban J connectivity index is 1.51. The molecule has 0 spiro atoms. The zero-order valence-corrected chi connectivity index (χ0v) is 16.2. The van der Waals surface area contributed by atoms with Gasteiger partial charge >= 0.3 is 0 Å². The molecule has 0 unspecified atom stereocenters. The van der Waals surface area contributed by atoms with Crippen LogP contribution in [-0.2, 0) is 11.2 Å². The molecule has 27 heavy (non-hydrogen) atoms. The molecular weight excluding hydrogens is 342 g/mol. The molecule has 2 heterocycles. The van der Waals surface area contributed by atoms with Gasteiger partial charge in [-0.3, -0.25) is 4.79 Å². The number of unbranched alkanes of at least 4 members (excludes halogenated alkanes) is 1. The molecule has 1 fully saturated rings. The van der Waals surface area contributed by atoms with Gasteiger partial charge in [0.25, 0.3) is 5.91 Å². The smallest absolute Gasteiger partial charge is 0.260 e. The van der Waals surface area contributed by atoms with Gasteiger partial charge in [0.15, 0.2) is 6.61 Å². The summed E-state index contributed by atoms with van der Waals surface area (Å²) in [5, 5.41) is 4.03. The lowest BCUT2D eigenvalue weighted by molar-refractivity contribution is -0.133. The van der Waals surface area contributed by atoms with Crippen molar-refractivity contribution < 1.29 is 14.1 Å². The van der Waals surface area contributed by atoms with Gasteiger partial charge in [0.1, 0.15) is 5.75 Å². The molecule has 1 aromatic carbocycles. The summed E-state index contributed by atoms with van der Waals surface area (Å²) in [6.07, 6.45) is 8.83. The largest absolute Gasteiger partial charge is 0.484 e. The molecule has 0 radical (unpaired) electrons. The Labute approximate surface area is 160 Å². The van der Waals surface area contributed by atoms with E-state index in [4.69, 9.17) is 9.26 Å². The number of carbonyl (C=O) groups excluding carboxylic acids is 1. The highest BCUT2D eigenvalue weighted by molar-refractivity contribution is 5.77. The summed E-state index contributed by atoms with van der Waals surface area (Å²) in [5.41, 5.74) is 0.879. The lowest BCUT2D eigenvalue weighted by Crippen LogP contribution is -2.37. The second kappa shape index (κ2) is 10.1. The maximum absolute atomic E-state index is 12.4. The van der Waals surface area contributed by atoms with E-state index in [1.54, 1.807) is 0 Å². The Morgan fingerprint density at radius 2 is 1.81 bits per heavy atom. The third-order valence-corrected chi connectivity index (χ3v) is 4.90. The average molecular weight is 371 g/mol. The number of amides is 1. The fourth-order valence-electron chi connectivity index (χ4n) is 3.24. The maximum Gasteiger partial charge on any atom is 0.260 e. The molecule has 3 rings (SSSR count). The fourth-order valence-corrected chi connectivity index (χ4v) is 3.24. The van der Waals surface area contributed by atoms with Crippen molar-refractivity contribution in [3.63, 3.8) is 0 Å². The van der Waals surface area contributed by atoms with Crippen LogP contribution in [0.1, 0.15) is 57.8 Å². The first-order chi connectivity index (χ1) is 13.3. The molecule has 0 atom stereocenters. The second-order valence-electron chi connectivity index (χ2n) is 7.08. The van der Waals surface area contributed by atoms with Crippen molar-refractivity contribution >= 4 is 5.91 Å². The number of likely N-dealkylation sites (tertiary alicyclic amines) is 1. The number of benzene rings is 1. The van der Waals surface area contributed by atoms with Crippen LogP contribution in [0.15, 0.2) is 28.8 Å². The van der Waals surface area contributed by atoms with Crippen LogP contribution in [0.4, 0.5) is 0 Å². The second-order valence-corrected chi connectivity index (χ2v) is 7.08. The van der Waals surface area contributed by atoms with Gasteiger partial charge in [-0.2, -0.15) is 4.98 Å². The average Bonchev–Trinajstić information content (AvgIpc) is 3.13. The summed E-state index contributed by atoms with van der Waals surface area (Å²) in [6, 6.07) is 7.48. The normalized spacial score (nSPS) is 15.2. The molecular formula is C21H29N3O3. The van der Waals surface area contributed by atoms with Gasteiger partial charge in [0, 0.05) is 25.1 Å². The Kier molecular flexibility index (Phi) is 7.25. The minimum absolute atomic E-state index is 0.0692. The van der Waals surface area contributed by atoms with Crippen molar-refractivity contribution in [3.05, 3.63) is 30.2 Å². The van der Waals surface area contributed by atoms with Crippen molar-refractivity contribution in [1.82, 2.24) is 15.0 Å². The van der Waals surface area contributed by atoms with Gasteiger partial charge in [-0.15, -0.1) is 0 Å². The first kappa shape index (κ1) is 19.4. The molecule has 1 aliphatic rings. The van der Waals surface area contributed by atoms with E-state index in [9.17, 15) is 4.79 Å². The highest BCUT2D eigenvalue weighted by atomic mass is 16.5. The maximum atomic E-state index is 12.4. The first-order valence-corrected chi connectivity index (χ1v) is 10.1. The van der Waals surface area contributed by atoms with Crippen LogP contribution < -0.4 is 4.74 Å². The topological polar surface area (TPSA) is 68.5 Å². The van der Waals surface area contributed by atoms with Crippen molar-refractivity contribution in [1.29, 1.82) is 0 Å². The molecule has 1 amide bonds. The molecule has 6 heteroatoms. The van der Waals surface area contributed by atoms with E-state index >= 15 is 0 Å². The number of nitrogens with zero attached hydrogens (tertiary/aromatic N) is 3. The van der Waals surface area contributed by atoms with Crippen LogP contribution in [0.25, 0.3) is 11.4 Å². The molecule has 2 aromatic rings. The van der Waals surface area contributed by atoms with Crippen LogP contribution >= 0.6 is 0 Å². The number of aromatic nitrogens is 2. The van der Waals surface area contributed by atoms with E-state index in [0.717, 1.165) is 50.8 Å². The van der Waals surface area contributed by atoms with Gasteiger partial charge in [-0.1, -0.05) is 37.8 Å². The van der Waals surface area contributed by atoms with Gasteiger partial charge in [-0.25, -0.2) is 0 Å². The number of aryl methyl sites for hydroxylation is 1. The highest BCUT2D eigenvalue weighted by Gasteiger charge is 2.15. The van der Waals surface area contributed by atoms with Crippen LogP contribution in [-0.4, -0.2) is 40.6 Å². The monoisotopic (exact) mass is 371 g/mol. The zero-order chi connectivity index (χ0) is 18.9. The Hall–Kier alpha value is -2.37. The van der Waals surface area contributed by atoms with Gasteiger partial charge < -0.3 is 14.2 Å². The lowest BCUT2D eigenvalue weighted by atomic mass is 10.1. The Morgan fingerprint density at radius 3 is 2.52 bits per heavy atom. The van der Waals surface area contributed by atoms with E-state index in [1.165, 1.54) is 19.3 Å². The number of hydrogen-bond acceptors (Lipinski definition) is 5. The molecule has 1 aliphatic heterocycles. The summed E-state index contributed by atoms with van der Waals surface area (Å²) in [4.78, 5) is 18.7. The standard InChI is InChI=1S/C21H29N3O3/c1-2-3-9-19-22-21(23-27-19)17-10-12-18(13-11-17)26-16-20(25)24-14-7-5-4-6-8-15-24/h10-13H,2-9,14-16H2,1H3. The predicted octanol–water partition coefficient (Wildman–Crippen LogP) is 4.25. The van der Waals surface area contributed by atoms with E-state index < -0.39 is 0 Å². The van der Waals surface area contributed by atoms with Crippen LogP contribution in [0.3, 0.4) is 0 Å². The van der Waals surface area contributed by atoms with Crippen LogP contribution in [0.5, 0.6) is 5.75 Å². The molecule has 6 nitrogen and oxygen atoms in total. The molecule has 0 saturated carbocycles. The Bertz CT molecular complexity index is 704. The SMILES string of the molecule is CCCCc1nc(-c2ccc(OCC(=O)N3CCCCCCC3)cc2)no1. The zero-order valence-electron chi connectivity index (χ0n) is 16.2. The Morgan fingerprint density at radius 1 is 1.11 bits per heavy atom. The number of hydrogen-bond donors (Lipinski definition) is 0. The van der Waals surface area contributed by atoms with E-state index in [0.29, 0.717) is 17.5 Å². The molecule has 0 aliphatic carbocycles. The summed E-state index contributed by atoms with van der Waals surface area (Å²) in [6.45, 7) is 3.91. The van der Waals surface area contributed by atoms with Gasteiger partial charge in [0.05, 0.1) is 0 Å². The molecule has 0 N–H and O–H groups in total. The van der Waals surface area contributed by atoms with Crippen molar-refractivity contribution in [2.45, 2.75) is 58.3 Å². The van der Waals surface area contributed by atoms with Crippen LogP contribution in [0.2, 0.25) is 0 Å². The lowest BCUT2D eigenvalue weighted by Gasteiger charge is -2.24. The summed E-state index contributed by atoms with van der Waals surface area (Å²) in [5.74, 6) is 2.00. The summed E-state index contributed by atoms with van der Waals surface area (Å²) >= 11 is 0. The first-order valence-electron chi connectivity index (χ1n) is 10.1. The fraction of sp³-hybridized carbons (Fsp3) is 0.571. The van der Waals surface area contributed by atoms with Crippen molar-refractivity contribution in [2.24, 2.45) is 0 Å². The van der Waals surface area contributed by atoms with Gasteiger partial charge in [0.2, 0.25) is 11.7 Å².